The molecule has 0 unspecified atom stereocenters. The molecule has 0 atom stereocenters. The largest absolute Gasteiger partial charge is 0.493 e. The van der Waals surface area contributed by atoms with Crippen LogP contribution in [0.15, 0.2) is 60.6 Å². The topological polar surface area (TPSA) is 119 Å². The number of hydrogen-bond acceptors (Lipinski definition) is 7. The van der Waals surface area contributed by atoms with E-state index < -0.39 is 5.91 Å². The Hall–Kier alpha value is -3.65. The number of nitrogens with zero attached hydrogens (tertiary/aromatic N) is 3. The van der Waals surface area contributed by atoms with Crippen LogP contribution in [0, 0.1) is 0 Å². The molecule has 1 amide bonds. The minimum absolute atomic E-state index is 0.0666. The third-order valence-corrected chi connectivity index (χ3v) is 5.63. The second kappa shape index (κ2) is 12.0. The molecular formula is C26H34N6O2. The first kappa shape index (κ1) is 25.0. The van der Waals surface area contributed by atoms with Gasteiger partial charge in [-0.15, -0.1) is 0 Å². The number of carbonyl (C=O) groups excluding carboxylic acids is 1. The van der Waals surface area contributed by atoms with E-state index >= 15 is 0 Å². The first-order valence-corrected chi connectivity index (χ1v) is 11.6. The molecule has 0 aliphatic carbocycles. The number of carbonyl (C=O) groups is 1. The molecule has 4 bridgehead atoms. The van der Waals surface area contributed by atoms with Gasteiger partial charge in [-0.2, -0.15) is 0 Å². The van der Waals surface area contributed by atoms with E-state index in [2.05, 4.69) is 32.8 Å². The summed E-state index contributed by atoms with van der Waals surface area (Å²) < 4.78 is 6.00. The van der Waals surface area contributed by atoms with Crippen LogP contribution in [0.1, 0.15) is 42.2 Å². The normalized spacial score (nSPS) is 17.1. The van der Waals surface area contributed by atoms with E-state index in [1.54, 1.807) is 12.3 Å². The van der Waals surface area contributed by atoms with E-state index in [1.807, 2.05) is 38.3 Å². The van der Waals surface area contributed by atoms with Gasteiger partial charge in [-0.1, -0.05) is 12.7 Å². The van der Waals surface area contributed by atoms with Crippen molar-refractivity contribution >= 4 is 11.7 Å². The van der Waals surface area contributed by atoms with Crippen molar-refractivity contribution in [3.05, 3.63) is 71.9 Å². The van der Waals surface area contributed by atoms with Gasteiger partial charge in [0.1, 0.15) is 5.75 Å². The number of hydrogen-bond donors (Lipinski definition) is 3. The maximum atomic E-state index is 13.1. The Balaban J connectivity index is 2.07. The molecule has 1 aliphatic rings. The van der Waals surface area contributed by atoms with Crippen molar-refractivity contribution in [2.75, 3.05) is 32.5 Å². The summed E-state index contributed by atoms with van der Waals surface area (Å²) in [5.74, 6) is 0.477. The minimum atomic E-state index is -0.436. The number of benzene rings is 1. The number of allylic oxidation sites excluding steroid dienone is 3. The number of anilines is 1. The van der Waals surface area contributed by atoms with Crippen LogP contribution in [0.2, 0.25) is 0 Å². The summed E-state index contributed by atoms with van der Waals surface area (Å²) in [6.45, 7) is 7.79. The van der Waals surface area contributed by atoms with Crippen LogP contribution in [0.25, 0.3) is 11.3 Å². The number of ether oxygens (including phenoxy) is 1. The first-order valence-electron chi connectivity index (χ1n) is 11.6. The summed E-state index contributed by atoms with van der Waals surface area (Å²) in [6.07, 6.45) is 10.7. The van der Waals surface area contributed by atoms with Gasteiger partial charge in [0.15, 0.2) is 11.5 Å². The number of aryl methyl sites for hydroxylation is 1. The molecule has 2 aromatic rings. The summed E-state index contributed by atoms with van der Waals surface area (Å²) in [6, 6.07) is 5.93. The van der Waals surface area contributed by atoms with Crippen LogP contribution in [0.5, 0.6) is 5.75 Å². The van der Waals surface area contributed by atoms with Crippen LogP contribution in [-0.2, 0) is 6.42 Å². The lowest BCUT2D eigenvalue weighted by molar-refractivity contribution is 0.0962. The number of fused-ring (bicyclic) bond motifs is 5. The SMILES string of the molecule is C=C/C1=C(\C=C/C)N(C)CCCCc2cc(ccc2OCCCN)-c2cnc(N)c(n2)C(=O)N1. The Morgan fingerprint density at radius 3 is 2.88 bits per heavy atom. The molecule has 8 nitrogen and oxygen atoms in total. The number of rotatable bonds is 6. The van der Waals surface area contributed by atoms with Crippen molar-refractivity contribution in [2.24, 2.45) is 5.73 Å². The molecule has 1 aromatic carbocycles. The van der Waals surface area contributed by atoms with Gasteiger partial charge >= 0.3 is 0 Å². The Morgan fingerprint density at radius 1 is 1.32 bits per heavy atom. The van der Waals surface area contributed by atoms with Crippen molar-refractivity contribution in [3.63, 3.8) is 0 Å². The third-order valence-electron chi connectivity index (χ3n) is 5.63. The fourth-order valence-electron chi connectivity index (χ4n) is 3.81. The van der Waals surface area contributed by atoms with Crippen LogP contribution < -0.4 is 21.5 Å². The zero-order chi connectivity index (χ0) is 24.5. The third kappa shape index (κ3) is 6.02. The Kier molecular flexibility index (Phi) is 8.81. The van der Waals surface area contributed by atoms with Gasteiger partial charge < -0.3 is 26.4 Å². The molecule has 2 heterocycles. The van der Waals surface area contributed by atoms with Crippen molar-refractivity contribution in [1.29, 1.82) is 0 Å². The van der Waals surface area contributed by atoms with Crippen LogP contribution in [-0.4, -0.2) is 47.5 Å². The zero-order valence-corrected chi connectivity index (χ0v) is 20.0. The number of nitrogens with one attached hydrogen (secondary N) is 1. The van der Waals surface area contributed by atoms with Crippen molar-refractivity contribution in [2.45, 2.75) is 32.6 Å². The maximum Gasteiger partial charge on any atom is 0.278 e. The highest BCUT2D eigenvalue weighted by atomic mass is 16.5. The lowest BCUT2D eigenvalue weighted by atomic mass is 10.0. The highest BCUT2D eigenvalue weighted by molar-refractivity contribution is 5.98. The second-order valence-electron chi connectivity index (χ2n) is 8.14. The van der Waals surface area contributed by atoms with E-state index in [0.717, 1.165) is 54.8 Å². The van der Waals surface area contributed by atoms with Crippen LogP contribution >= 0.6 is 0 Å². The molecule has 0 radical (unpaired) electrons. The van der Waals surface area contributed by atoms with Gasteiger partial charge in [-0.3, -0.25) is 4.79 Å². The fraction of sp³-hybridized carbons (Fsp3) is 0.346. The smallest absolute Gasteiger partial charge is 0.278 e. The summed E-state index contributed by atoms with van der Waals surface area (Å²) in [7, 11) is 2.00. The number of aromatic nitrogens is 2. The summed E-state index contributed by atoms with van der Waals surface area (Å²) in [4.78, 5) is 24.0. The minimum Gasteiger partial charge on any atom is -0.493 e. The van der Waals surface area contributed by atoms with Gasteiger partial charge in [-0.25, -0.2) is 9.97 Å². The molecule has 1 aliphatic heterocycles. The van der Waals surface area contributed by atoms with Crippen molar-refractivity contribution < 1.29 is 9.53 Å². The van der Waals surface area contributed by atoms with Crippen LogP contribution in [0.4, 0.5) is 5.82 Å². The number of nitrogen functional groups attached to an aromatic ring is 1. The molecule has 0 saturated heterocycles. The lowest BCUT2D eigenvalue weighted by Crippen LogP contribution is -2.29. The monoisotopic (exact) mass is 462 g/mol. The highest BCUT2D eigenvalue weighted by Crippen LogP contribution is 2.28. The number of likely N-dealkylation sites (N-methyl/N-ethyl adjacent to an activating group) is 1. The van der Waals surface area contributed by atoms with Gasteiger partial charge in [0.05, 0.1) is 29.9 Å². The first-order chi connectivity index (χ1) is 16.5. The average Bonchev–Trinajstić information content (AvgIpc) is 2.84. The lowest BCUT2D eigenvalue weighted by Gasteiger charge is -2.23. The van der Waals surface area contributed by atoms with Gasteiger partial charge in [-0.05, 0) is 75.1 Å². The summed E-state index contributed by atoms with van der Waals surface area (Å²) >= 11 is 0. The molecule has 34 heavy (non-hydrogen) atoms. The quantitative estimate of drug-likeness (QED) is 0.563. The second-order valence-corrected chi connectivity index (χ2v) is 8.14. The molecule has 0 saturated carbocycles. The Labute approximate surface area is 201 Å². The van der Waals surface area contributed by atoms with E-state index in [4.69, 9.17) is 16.2 Å². The predicted molar refractivity (Wildman–Crippen MR) is 136 cm³/mol. The standard InChI is InChI=1S/C26H34N6O2/c1-4-9-22-20(5-2)31-26(33)24-25(28)29-17-21(30-24)18-11-12-23(34-15-8-13-27)19(16-18)10-6-7-14-32(22)3/h4-5,9,11-12,16-17H,2,6-8,10,13-15,27H2,1,3H3,(H2,28,29)(H,31,33)/b9-4-,22-20-. The van der Waals surface area contributed by atoms with Crippen LogP contribution in [0.3, 0.4) is 0 Å². The Morgan fingerprint density at radius 2 is 2.15 bits per heavy atom. The number of nitrogens with two attached hydrogens (primary N) is 2. The molecule has 180 valence electrons. The predicted octanol–water partition coefficient (Wildman–Crippen LogP) is 3.42. The van der Waals surface area contributed by atoms with Crippen molar-refractivity contribution in [3.8, 4) is 17.0 Å². The molecule has 5 N–H and O–H groups in total. The van der Waals surface area contributed by atoms with E-state index in [-0.39, 0.29) is 11.5 Å². The molecule has 1 aromatic heterocycles. The summed E-state index contributed by atoms with van der Waals surface area (Å²) in [5.41, 5.74) is 15.7. The molecule has 0 spiro atoms. The van der Waals surface area contributed by atoms with Gasteiger partial charge in [0.25, 0.3) is 5.91 Å². The molecule has 8 heteroatoms. The van der Waals surface area contributed by atoms with Gasteiger partial charge in [0, 0.05) is 19.2 Å². The number of amides is 1. The molecular weight excluding hydrogens is 428 g/mol. The highest BCUT2D eigenvalue weighted by Gasteiger charge is 2.19. The zero-order valence-electron chi connectivity index (χ0n) is 20.0. The van der Waals surface area contributed by atoms with E-state index in [1.165, 1.54) is 0 Å². The Bertz CT molecular complexity index is 1090. The average molecular weight is 463 g/mol. The van der Waals surface area contributed by atoms with Crippen molar-refractivity contribution in [1.82, 2.24) is 20.2 Å². The summed E-state index contributed by atoms with van der Waals surface area (Å²) in [5, 5.41) is 2.91. The maximum absolute atomic E-state index is 13.1. The van der Waals surface area contributed by atoms with Gasteiger partial charge in [0.2, 0.25) is 0 Å². The fourth-order valence-corrected chi connectivity index (χ4v) is 3.81. The molecule has 3 rings (SSSR count). The van der Waals surface area contributed by atoms with E-state index in [0.29, 0.717) is 24.5 Å². The van der Waals surface area contributed by atoms with E-state index in [9.17, 15) is 4.79 Å². The molecule has 0 fully saturated rings.